The van der Waals surface area contributed by atoms with Crippen molar-refractivity contribution in [1.29, 1.82) is 0 Å². The highest BCUT2D eigenvalue weighted by Gasteiger charge is 2.47. The van der Waals surface area contributed by atoms with Crippen LogP contribution < -0.4 is 5.32 Å². The molecule has 2 aliphatic heterocycles. The van der Waals surface area contributed by atoms with Crippen molar-refractivity contribution < 1.29 is 28.7 Å². The first-order valence-electron chi connectivity index (χ1n) is 8.58. The zero-order valence-corrected chi connectivity index (χ0v) is 13.9. The summed E-state index contributed by atoms with van der Waals surface area (Å²) in [6.45, 7) is 0.0656. The van der Waals surface area contributed by atoms with Crippen LogP contribution in [0.1, 0.15) is 32.1 Å². The van der Waals surface area contributed by atoms with E-state index in [1.807, 2.05) is 0 Å². The largest absolute Gasteiger partial charge is 0.455 e. The van der Waals surface area contributed by atoms with Gasteiger partial charge in [-0.1, -0.05) is 12.8 Å². The van der Waals surface area contributed by atoms with Gasteiger partial charge in [0.2, 0.25) is 11.8 Å². The number of likely N-dealkylation sites (tertiary alicyclic amines) is 1. The van der Waals surface area contributed by atoms with Gasteiger partial charge in [0.1, 0.15) is 0 Å². The summed E-state index contributed by atoms with van der Waals surface area (Å²) in [7, 11) is 0. The molecule has 3 fully saturated rings. The zero-order valence-electron chi connectivity index (χ0n) is 13.9. The summed E-state index contributed by atoms with van der Waals surface area (Å²) >= 11 is 0. The number of hydrogen-bond acceptors (Lipinski definition) is 6. The number of fused-ring (bicyclic) bond motifs is 1. The molecule has 2 atom stereocenters. The van der Waals surface area contributed by atoms with Crippen LogP contribution in [0.25, 0.3) is 0 Å². The minimum Gasteiger partial charge on any atom is -0.455 e. The van der Waals surface area contributed by atoms with Gasteiger partial charge in [-0.3, -0.25) is 29.0 Å². The maximum absolute atomic E-state index is 12.3. The Morgan fingerprint density at radius 3 is 2.28 bits per heavy atom. The molecule has 2 heterocycles. The van der Waals surface area contributed by atoms with Gasteiger partial charge in [-0.25, -0.2) is 4.79 Å². The van der Waals surface area contributed by atoms with Crippen molar-refractivity contribution in [2.24, 2.45) is 11.8 Å². The summed E-state index contributed by atoms with van der Waals surface area (Å²) in [6, 6.07) is -0.503. The molecule has 1 N–H and O–H groups in total. The number of nitrogens with zero attached hydrogens (tertiary/aromatic N) is 2. The Morgan fingerprint density at radius 2 is 1.72 bits per heavy atom. The number of carbonyl (C=O) groups excluding carboxylic acids is 5. The first-order chi connectivity index (χ1) is 12.0. The molecule has 1 aliphatic carbocycles. The molecule has 2 saturated heterocycles. The molecular weight excluding hydrogens is 330 g/mol. The monoisotopic (exact) mass is 351 g/mol. The van der Waals surface area contributed by atoms with Crippen LogP contribution in [0.5, 0.6) is 0 Å². The van der Waals surface area contributed by atoms with E-state index in [9.17, 15) is 24.0 Å². The number of amides is 5. The number of hydrogen-bond donors (Lipinski definition) is 1. The highest BCUT2D eigenvalue weighted by Crippen LogP contribution is 2.37. The lowest BCUT2D eigenvalue weighted by molar-refractivity contribution is -0.151. The van der Waals surface area contributed by atoms with E-state index in [0.717, 1.165) is 35.5 Å². The van der Waals surface area contributed by atoms with Gasteiger partial charge in [-0.2, -0.15) is 0 Å². The Kier molecular flexibility index (Phi) is 5.00. The molecule has 25 heavy (non-hydrogen) atoms. The third-order valence-electron chi connectivity index (χ3n) is 4.99. The van der Waals surface area contributed by atoms with E-state index in [1.54, 1.807) is 0 Å². The maximum Gasteiger partial charge on any atom is 0.324 e. The van der Waals surface area contributed by atoms with E-state index in [0.29, 0.717) is 6.54 Å². The SMILES string of the molecule is O=C(CCN1C(=O)[C@H]2CCCC[C@@H]2C1=O)OCC(=O)N1CCNC1=O. The minimum absolute atomic E-state index is 0.0259. The Labute approximate surface area is 144 Å². The molecule has 3 rings (SSSR count). The van der Waals surface area contributed by atoms with Gasteiger partial charge in [-0.05, 0) is 12.8 Å². The van der Waals surface area contributed by atoms with E-state index >= 15 is 0 Å². The molecule has 0 spiro atoms. The second kappa shape index (κ2) is 7.20. The lowest BCUT2D eigenvalue weighted by Gasteiger charge is -2.19. The van der Waals surface area contributed by atoms with Crippen LogP contribution in [0.4, 0.5) is 4.79 Å². The molecule has 136 valence electrons. The van der Waals surface area contributed by atoms with Crippen LogP contribution in [-0.4, -0.2) is 65.8 Å². The smallest absolute Gasteiger partial charge is 0.324 e. The standard InChI is InChI=1S/C16H21N3O6/c20-12(18-8-6-17-16(18)24)9-25-13(21)5-7-19-14(22)10-3-1-2-4-11(10)15(19)23/h10-11H,1-9H2,(H,17,24)/t10-,11-/m0/s1. The molecule has 0 unspecified atom stereocenters. The van der Waals surface area contributed by atoms with E-state index in [2.05, 4.69) is 5.32 Å². The van der Waals surface area contributed by atoms with Crippen LogP contribution in [0.3, 0.4) is 0 Å². The number of ether oxygens (including phenoxy) is 1. The van der Waals surface area contributed by atoms with Crippen LogP contribution >= 0.6 is 0 Å². The Hall–Kier alpha value is -2.45. The Bertz CT molecular complexity index is 595. The van der Waals surface area contributed by atoms with Gasteiger partial charge in [0.25, 0.3) is 5.91 Å². The van der Waals surface area contributed by atoms with Crippen molar-refractivity contribution in [1.82, 2.24) is 15.1 Å². The fourth-order valence-corrected chi connectivity index (χ4v) is 3.66. The first kappa shape index (κ1) is 17.4. The lowest BCUT2D eigenvalue weighted by atomic mass is 9.81. The predicted molar refractivity (Wildman–Crippen MR) is 82.9 cm³/mol. The summed E-state index contributed by atoms with van der Waals surface area (Å²) in [6.07, 6.45) is 3.19. The summed E-state index contributed by atoms with van der Waals surface area (Å²) in [5.74, 6) is -2.16. The highest BCUT2D eigenvalue weighted by molar-refractivity contribution is 6.05. The number of imide groups is 2. The number of nitrogens with one attached hydrogen (secondary N) is 1. The van der Waals surface area contributed by atoms with Gasteiger partial charge < -0.3 is 10.1 Å². The quantitative estimate of drug-likeness (QED) is 0.535. The molecule has 9 heteroatoms. The second-order valence-corrected chi connectivity index (χ2v) is 6.51. The summed E-state index contributed by atoms with van der Waals surface area (Å²) in [4.78, 5) is 61.6. The number of esters is 1. The zero-order chi connectivity index (χ0) is 18.0. The molecule has 0 aromatic heterocycles. The van der Waals surface area contributed by atoms with E-state index in [1.165, 1.54) is 0 Å². The molecule has 9 nitrogen and oxygen atoms in total. The number of carbonyl (C=O) groups is 5. The fourth-order valence-electron chi connectivity index (χ4n) is 3.66. The van der Waals surface area contributed by atoms with Crippen molar-refractivity contribution in [3.8, 4) is 0 Å². The van der Waals surface area contributed by atoms with Gasteiger partial charge in [0.15, 0.2) is 6.61 Å². The fraction of sp³-hybridized carbons (Fsp3) is 0.688. The van der Waals surface area contributed by atoms with E-state index in [4.69, 9.17) is 4.74 Å². The molecule has 0 aromatic rings. The minimum atomic E-state index is -0.677. The van der Waals surface area contributed by atoms with E-state index in [-0.39, 0.29) is 43.2 Å². The number of rotatable bonds is 5. The van der Waals surface area contributed by atoms with Gasteiger partial charge in [0.05, 0.1) is 18.3 Å². The Balaban J connectivity index is 1.44. The van der Waals surface area contributed by atoms with Crippen molar-refractivity contribution in [3.05, 3.63) is 0 Å². The predicted octanol–water partition coefficient (Wildman–Crippen LogP) is -0.353. The molecule has 0 aromatic carbocycles. The summed E-state index contributed by atoms with van der Waals surface area (Å²) in [5, 5.41) is 2.48. The van der Waals surface area contributed by atoms with Crippen LogP contribution in [0.15, 0.2) is 0 Å². The van der Waals surface area contributed by atoms with Crippen LogP contribution in [-0.2, 0) is 23.9 Å². The van der Waals surface area contributed by atoms with Crippen molar-refractivity contribution in [3.63, 3.8) is 0 Å². The molecule has 1 saturated carbocycles. The van der Waals surface area contributed by atoms with Crippen molar-refractivity contribution >= 4 is 29.7 Å². The third-order valence-corrected chi connectivity index (χ3v) is 4.99. The van der Waals surface area contributed by atoms with Crippen molar-refractivity contribution in [2.45, 2.75) is 32.1 Å². The van der Waals surface area contributed by atoms with Crippen LogP contribution in [0, 0.1) is 11.8 Å². The molecular formula is C16H21N3O6. The topological polar surface area (TPSA) is 113 Å². The lowest BCUT2D eigenvalue weighted by Crippen LogP contribution is -2.37. The molecule has 5 amide bonds. The normalized spacial score (nSPS) is 25.8. The van der Waals surface area contributed by atoms with Gasteiger partial charge in [0, 0.05) is 19.6 Å². The van der Waals surface area contributed by atoms with Crippen LogP contribution in [0.2, 0.25) is 0 Å². The average molecular weight is 351 g/mol. The maximum atomic E-state index is 12.3. The molecule has 3 aliphatic rings. The summed E-state index contributed by atoms with van der Waals surface area (Å²) < 4.78 is 4.85. The number of urea groups is 1. The highest BCUT2D eigenvalue weighted by atomic mass is 16.5. The second-order valence-electron chi connectivity index (χ2n) is 6.51. The molecule has 0 radical (unpaired) electrons. The van der Waals surface area contributed by atoms with Crippen molar-refractivity contribution in [2.75, 3.05) is 26.2 Å². The third kappa shape index (κ3) is 3.49. The molecule has 0 bridgehead atoms. The van der Waals surface area contributed by atoms with E-state index < -0.39 is 24.5 Å². The average Bonchev–Trinajstić information content (AvgIpc) is 3.14. The van der Waals surface area contributed by atoms with Gasteiger partial charge >= 0.3 is 12.0 Å². The first-order valence-corrected chi connectivity index (χ1v) is 8.58. The Morgan fingerprint density at radius 1 is 1.08 bits per heavy atom. The summed E-state index contributed by atoms with van der Waals surface area (Å²) in [5.41, 5.74) is 0. The van der Waals surface area contributed by atoms with Gasteiger partial charge in [-0.15, -0.1) is 0 Å².